The van der Waals surface area contributed by atoms with E-state index in [-0.39, 0.29) is 22.3 Å². The zero-order valence-corrected chi connectivity index (χ0v) is 10.6. The van der Waals surface area contributed by atoms with Crippen molar-refractivity contribution in [2.24, 2.45) is 0 Å². The van der Waals surface area contributed by atoms with Gasteiger partial charge in [0.05, 0.1) is 6.61 Å². The molecule has 0 unspecified atom stereocenters. The van der Waals surface area contributed by atoms with E-state index < -0.39 is 5.76 Å². The normalized spacial score (nSPS) is 10.5. The fourth-order valence-corrected chi connectivity index (χ4v) is 2.41. The standard InChI is InChI=1S/C9H10F2N2O2S2/c1-2-14-3-4-15-7-6(5-12)8(17-13-7)16-9(10)11/h9H,2-4H2,1H3. The number of aromatic nitrogens is 1. The van der Waals surface area contributed by atoms with E-state index in [0.717, 1.165) is 11.5 Å². The molecule has 0 fully saturated rings. The minimum absolute atomic E-state index is 0.0665. The van der Waals surface area contributed by atoms with Crippen molar-refractivity contribution in [3.63, 3.8) is 0 Å². The van der Waals surface area contributed by atoms with Crippen molar-refractivity contribution in [3.05, 3.63) is 5.56 Å². The van der Waals surface area contributed by atoms with Crippen LogP contribution in [0.15, 0.2) is 4.21 Å². The number of hydrogen-bond donors (Lipinski definition) is 0. The van der Waals surface area contributed by atoms with Crippen LogP contribution in [0.5, 0.6) is 5.88 Å². The van der Waals surface area contributed by atoms with Gasteiger partial charge in [0, 0.05) is 6.61 Å². The third-order valence-corrected chi connectivity index (χ3v) is 3.34. The lowest BCUT2D eigenvalue weighted by atomic mass is 10.4. The van der Waals surface area contributed by atoms with E-state index in [4.69, 9.17) is 14.7 Å². The minimum Gasteiger partial charge on any atom is -0.474 e. The molecular formula is C9H10F2N2O2S2. The van der Waals surface area contributed by atoms with Gasteiger partial charge < -0.3 is 9.47 Å². The maximum absolute atomic E-state index is 12.2. The van der Waals surface area contributed by atoms with Gasteiger partial charge in [-0.2, -0.15) is 18.4 Å². The smallest absolute Gasteiger partial charge is 0.289 e. The quantitative estimate of drug-likeness (QED) is 0.568. The second-order valence-corrected chi connectivity index (χ2v) is 4.72. The third kappa shape index (κ3) is 4.46. The summed E-state index contributed by atoms with van der Waals surface area (Å²) in [6, 6.07) is 1.82. The number of nitriles is 1. The molecule has 1 rings (SSSR count). The molecule has 0 aliphatic rings. The third-order valence-electron chi connectivity index (χ3n) is 1.61. The van der Waals surface area contributed by atoms with Crippen LogP contribution in [0.25, 0.3) is 0 Å². The second-order valence-electron chi connectivity index (χ2n) is 2.69. The molecule has 1 heterocycles. The molecule has 0 N–H and O–H groups in total. The van der Waals surface area contributed by atoms with Gasteiger partial charge in [0.2, 0.25) is 5.88 Å². The molecule has 1 aromatic heterocycles. The van der Waals surface area contributed by atoms with Crippen molar-refractivity contribution in [3.8, 4) is 11.9 Å². The van der Waals surface area contributed by atoms with Crippen molar-refractivity contribution < 1.29 is 18.3 Å². The maximum atomic E-state index is 12.2. The Hall–Kier alpha value is -0.910. The first-order chi connectivity index (χ1) is 8.19. The van der Waals surface area contributed by atoms with E-state index in [1.54, 1.807) is 0 Å². The van der Waals surface area contributed by atoms with Gasteiger partial charge in [-0.25, -0.2) is 0 Å². The molecule has 0 atom stereocenters. The molecular weight excluding hydrogens is 270 g/mol. The lowest BCUT2D eigenvalue weighted by molar-refractivity contribution is 0.108. The highest BCUT2D eigenvalue weighted by molar-refractivity contribution is 8.01. The Morgan fingerprint density at radius 1 is 1.53 bits per heavy atom. The average Bonchev–Trinajstić information content (AvgIpc) is 2.66. The summed E-state index contributed by atoms with van der Waals surface area (Å²) in [5.74, 6) is -2.47. The minimum atomic E-state index is -2.57. The molecule has 0 aliphatic heterocycles. The van der Waals surface area contributed by atoms with Crippen LogP contribution < -0.4 is 4.74 Å². The van der Waals surface area contributed by atoms with E-state index >= 15 is 0 Å². The summed E-state index contributed by atoms with van der Waals surface area (Å²) >= 11 is 1.14. The summed E-state index contributed by atoms with van der Waals surface area (Å²) in [5, 5.41) is 8.85. The molecule has 0 aromatic carbocycles. The number of hydrogen-bond acceptors (Lipinski definition) is 6. The Morgan fingerprint density at radius 2 is 2.29 bits per heavy atom. The Labute approximate surface area is 106 Å². The number of ether oxygens (including phenoxy) is 2. The molecule has 0 saturated carbocycles. The van der Waals surface area contributed by atoms with Gasteiger partial charge in [-0.3, -0.25) is 0 Å². The first-order valence-corrected chi connectivity index (χ1v) is 6.39. The fraction of sp³-hybridized carbons (Fsp3) is 0.556. The molecule has 0 saturated heterocycles. The first-order valence-electron chi connectivity index (χ1n) is 4.74. The molecule has 1 aromatic rings. The molecule has 0 radical (unpaired) electrons. The van der Waals surface area contributed by atoms with Gasteiger partial charge in [-0.05, 0) is 30.2 Å². The highest BCUT2D eigenvalue weighted by atomic mass is 32.2. The number of halogens is 2. The summed E-state index contributed by atoms with van der Waals surface area (Å²) in [6.07, 6.45) is 0. The average molecular weight is 280 g/mol. The summed E-state index contributed by atoms with van der Waals surface area (Å²) in [7, 11) is 0. The van der Waals surface area contributed by atoms with Gasteiger partial charge in [0.25, 0.3) is 5.76 Å². The van der Waals surface area contributed by atoms with Gasteiger partial charge >= 0.3 is 0 Å². The van der Waals surface area contributed by atoms with Crippen LogP contribution in [0.1, 0.15) is 12.5 Å². The molecule has 17 heavy (non-hydrogen) atoms. The lowest BCUT2D eigenvalue weighted by Gasteiger charge is -2.03. The summed E-state index contributed by atoms with van der Waals surface area (Å²) in [5.41, 5.74) is 0.0665. The predicted molar refractivity (Wildman–Crippen MR) is 60.7 cm³/mol. The number of thioether (sulfide) groups is 1. The van der Waals surface area contributed by atoms with Crippen molar-refractivity contribution >= 4 is 23.3 Å². The highest BCUT2D eigenvalue weighted by Gasteiger charge is 2.18. The van der Waals surface area contributed by atoms with Gasteiger partial charge in [0.15, 0.2) is 0 Å². The van der Waals surface area contributed by atoms with E-state index in [2.05, 4.69) is 4.37 Å². The van der Waals surface area contributed by atoms with Crippen LogP contribution in [0.4, 0.5) is 8.78 Å². The number of alkyl halides is 2. The highest BCUT2D eigenvalue weighted by Crippen LogP contribution is 2.36. The van der Waals surface area contributed by atoms with E-state index in [1.165, 1.54) is 0 Å². The first kappa shape index (κ1) is 14.2. The van der Waals surface area contributed by atoms with Crippen molar-refractivity contribution in [1.29, 1.82) is 5.26 Å². The molecule has 0 aliphatic carbocycles. The summed E-state index contributed by atoms with van der Waals surface area (Å²) < 4.78 is 38.6. The van der Waals surface area contributed by atoms with Crippen molar-refractivity contribution in [2.45, 2.75) is 16.9 Å². The van der Waals surface area contributed by atoms with Gasteiger partial charge in [-0.15, -0.1) is 0 Å². The van der Waals surface area contributed by atoms with Gasteiger partial charge in [-0.1, -0.05) is 0 Å². The summed E-state index contributed by atoms with van der Waals surface area (Å²) in [4.78, 5) is 0. The van der Waals surface area contributed by atoms with Crippen LogP contribution in [0.3, 0.4) is 0 Å². The van der Waals surface area contributed by atoms with Gasteiger partial charge in [0.1, 0.15) is 22.4 Å². The van der Waals surface area contributed by atoms with Crippen molar-refractivity contribution in [1.82, 2.24) is 4.37 Å². The second kappa shape index (κ2) is 7.42. The molecule has 0 bridgehead atoms. The van der Waals surface area contributed by atoms with Crippen molar-refractivity contribution in [2.75, 3.05) is 19.8 Å². The van der Waals surface area contributed by atoms with Crippen LogP contribution in [-0.4, -0.2) is 30.0 Å². The fourth-order valence-electron chi connectivity index (χ4n) is 0.956. The number of nitrogens with zero attached hydrogens (tertiary/aromatic N) is 2. The van der Waals surface area contributed by atoms with E-state index in [1.807, 2.05) is 13.0 Å². The Bertz CT molecular complexity index is 393. The Balaban J connectivity index is 2.60. The predicted octanol–water partition coefficient (Wildman–Crippen LogP) is 2.74. The van der Waals surface area contributed by atoms with E-state index in [0.29, 0.717) is 25.0 Å². The van der Waals surface area contributed by atoms with Crippen LogP contribution in [0, 0.1) is 11.3 Å². The van der Waals surface area contributed by atoms with Crippen LogP contribution in [0.2, 0.25) is 0 Å². The zero-order valence-electron chi connectivity index (χ0n) is 8.98. The molecule has 0 spiro atoms. The molecule has 0 amide bonds. The number of rotatable bonds is 7. The largest absolute Gasteiger partial charge is 0.474 e. The molecule has 94 valence electrons. The molecule has 8 heteroatoms. The van der Waals surface area contributed by atoms with Crippen LogP contribution >= 0.6 is 23.3 Å². The SMILES string of the molecule is CCOCCOc1nsc(SC(F)F)c1C#N. The van der Waals surface area contributed by atoms with E-state index in [9.17, 15) is 8.78 Å². The van der Waals surface area contributed by atoms with Crippen LogP contribution in [-0.2, 0) is 4.74 Å². The zero-order chi connectivity index (χ0) is 12.7. The Morgan fingerprint density at radius 3 is 2.88 bits per heavy atom. The summed E-state index contributed by atoms with van der Waals surface area (Å²) in [6.45, 7) is 3.03. The maximum Gasteiger partial charge on any atom is 0.289 e. The lowest BCUT2D eigenvalue weighted by Crippen LogP contribution is -2.07. The Kier molecular flexibility index (Phi) is 6.18. The topological polar surface area (TPSA) is 55.1 Å². The monoisotopic (exact) mass is 280 g/mol. The molecule has 4 nitrogen and oxygen atoms in total.